The van der Waals surface area contributed by atoms with Crippen LogP contribution in [0.3, 0.4) is 0 Å². The minimum atomic E-state index is -4.26. The highest BCUT2D eigenvalue weighted by Gasteiger charge is 2.25. The van der Waals surface area contributed by atoms with E-state index in [0.717, 1.165) is 17.2 Å². The second-order valence-corrected chi connectivity index (χ2v) is 12.2. The van der Waals surface area contributed by atoms with Crippen molar-refractivity contribution in [2.24, 2.45) is 0 Å². The number of sulfonamides is 2. The molecule has 5 rings (SSSR count). The van der Waals surface area contributed by atoms with Crippen LogP contribution in [0.15, 0.2) is 137 Å². The summed E-state index contributed by atoms with van der Waals surface area (Å²) in [4.78, 5) is -0.537. The Morgan fingerprint density at radius 2 is 0.975 bits per heavy atom. The number of methoxy groups -OCH3 is 1. The Morgan fingerprint density at radius 3 is 1.48 bits per heavy atom. The lowest BCUT2D eigenvalue weighted by atomic mass is 10.0. The Hall–Kier alpha value is -4.60. The number of hydrogen-bond donors (Lipinski definition) is 2. The highest BCUT2D eigenvalue weighted by atomic mass is 32.2. The zero-order valence-electron chi connectivity index (χ0n) is 21.5. The van der Waals surface area contributed by atoms with Crippen molar-refractivity contribution in [3.8, 4) is 28.0 Å². The van der Waals surface area contributed by atoms with Gasteiger partial charge in [-0.25, -0.2) is 16.8 Å². The summed E-state index contributed by atoms with van der Waals surface area (Å²) >= 11 is 0. The van der Waals surface area contributed by atoms with Crippen LogP contribution in [0.5, 0.6) is 5.75 Å². The third kappa shape index (κ3) is 5.70. The summed E-state index contributed by atoms with van der Waals surface area (Å²) < 4.78 is 64.8. The second-order valence-electron chi connectivity index (χ2n) is 8.85. The van der Waals surface area contributed by atoms with E-state index in [1.807, 2.05) is 78.9 Å². The Labute approximate surface area is 234 Å². The molecule has 9 heteroatoms. The number of para-hydroxylation sites is 2. The molecular formula is C31H26N2O5S2. The number of nitrogens with one attached hydrogen (secondary N) is 2. The molecule has 0 saturated carbocycles. The van der Waals surface area contributed by atoms with Crippen LogP contribution in [0.25, 0.3) is 22.3 Å². The van der Waals surface area contributed by atoms with Crippen molar-refractivity contribution in [1.29, 1.82) is 0 Å². The molecule has 0 atom stereocenters. The average molecular weight is 571 g/mol. The summed E-state index contributed by atoms with van der Waals surface area (Å²) in [5.41, 5.74) is 3.73. The molecule has 5 aromatic carbocycles. The Balaban J connectivity index is 1.51. The van der Waals surface area contributed by atoms with E-state index in [1.54, 1.807) is 30.3 Å². The first-order chi connectivity index (χ1) is 19.3. The number of benzene rings is 5. The molecule has 2 N–H and O–H groups in total. The van der Waals surface area contributed by atoms with E-state index in [9.17, 15) is 16.8 Å². The maximum atomic E-state index is 13.6. The summed E-state index contributed by atoms with van der Waals surface area (Å²) in [6.07, 6.45) is 0. The van der Waals surface area contributed by atoms with E-state index in [0.29, 0.717) is 22.5 Å². The van der Waals surface area contributed by atoms with Gasteiger partial charge in [0.25, 0.3) is 20.0 Å². The van der Waals surface area contributed by atoms with Crippen LogP contribution < -0.4 is 14.2 Å². The zero-order valence-corrected chi connectivity index (χ0v) is 23.1. The summed E-state index contributed by atoms with van der Waals surface area (Å²) in [5.74, 6) is 0.00771. The van der Waals surface area contributed by atoms with Gasteiger partial charge in [-0.2, -0.15) is 0 Å². The molecule has 0 saturated heterocycles. The standard InChI is InChI=1S/C31H26N2O5S2/c1-38-30-21-20-25(39(34,35)32-28-18-10-8-16-26(28)23-12-4-2-5-13-23)22-31(30)40(36,37)33-29-19-11-9-17-27(29)24-14-6-3-7-15-24/h2-22,32-33H,1H3. The number of hydrogen-bond acceptors (Lipinski definition) is 5. The largest absolute Gasteiger partial charge is 0.495 e. The molecular weight excluding hydrogens is 544 g/mol. The minimum absolute atomic E-state index is 0.00771. The van der Waals surface area contributed by atoms with Gasteiger partial charge in [-0.3, -0.25) is 9.44 Å². The van der Waals surface area contributed by atoms with E-state index in [1.165, 1.54) is 19.2 Å². The Kier molecular flexibility index (Phi) is 7.59. The van der Waals surface area contributed by atoms with E-state index in [4.69, 9.17) is 4.74 Å². The first-order valence-corrected chi connectivity index (χ1v) is 15.3. The van der Waals surface area contributed by atoms with E-state index < -0.39 is 20.0 Å². The van der Waals surface area contributed by atoms with Gasteiger partial charge >= 0.3 is 0 Å². The van der Waals surface area contributed by atoms with E-state index in [2.05, 4.69) is 9.44 Å². The van der Waals surface area contributed by atoms with Crippen molar-refractivity contribution in [3.05, 3.63) is 127 Å². The third-order valence-corrected chi connectivity index (χ3v) is 9.00. The smallest absolute Gasteiger partial charge is 0.265 e. The van der Waals surface area contributed by atoms with Crippen LogP contribution in [0.1, 0.15) is 0 Å². The van der Waals surface area contributed by atoms with Gasteiger partial charge in [-0.1, -0.05) is 97.1 Å². The molecule has 0 unspecified atom stereocenters. The molecule has 0 amide bonds. The fourth-order valence-corrected chi connectivity index (χ4v) is 6.78. The molecule has 5 aromatic rings. The lowest BCUT2D eigenvalue weighted by Gasteiger charge is -2.17. The van der Waals surface area contributed by atoms with Gasteiger partial charge in [0, 0.05) is 11.1 Å². The van der Waals surface area contributed by atoms with Crippen LogP contribution in [-0.4, -0.2) is 23.9 Å². The van der Waals surface area contributed by atoms with E-state index in [-0.39, 0.29) is 15.5 Å². The van der Waals surface area contributed by atoms with Crippen LogP contribution in [0, 0.1) is 0 Å². The molecule has 0 heterocycles. The summed E-state index contributed by atoms with van der Waals surface area (Å²) in [7, 11) is -7.11. The summed E-state index contributed by atoms with van der Waals surface area (Å²) in [6.45, 7) is 0. The van der Waals surface area contributed by atoms with Gasteiger partial charge in [-0.05, 0) is 41.5 Å². The Bertz CT molecular complexity index is 1860. The van der Waals surface area contributed by atoms with Crippen molar-refractivity contribution in [1.82, 2.24) is 0 Å². The first kappa shape index (κ1) is 27.0. The summed E-state index contributed by atoms with van der Waals surface area (Å²) in [5, 5.41) is 0. The monoisotopic (exact) mass is 570 g/mol. The highest BCUT2D eigenvalue weighted by molar-refractivity contribution is 7.93. The van der Waals surface area contributed by atoms with Crippen molar-refractivity contribution in [2.45, 2.75) is 9.79 Å². The Morgan fingerprint density at radius 1 is 0.525 bits per heavy atom. The fourth-order valence-electron chi connectivity index (χ4n) is 4.32. The minimum Gasteiger partial charge on any atom is -0.495 e. The highest BCUT2D eigenvalue weighted by Crippen LogP contribution is 2.34. The van der Waals surface area contributed by atoms with Crippen LogP contribution in [0.2, 0.25) is 0 Å². The number of rotatable bonds is 9. The van der Waals surface area contributed by atoms with E-state index >= 15 is 0 Å². The van der Waals surface area contributed by atoms with Gasteiger partial charge in [0.1, 0.15) is 10.6 Å². The molecule has 0 aliphatic heterocycles. The lowest BCUT2D eigenvalue weighted by Crippen LogP contribution is -2.17. The number of ether oxygens (including phenoxy) is 1. The van der Waals surface area contributed by atoms with Gasteiger partial charge in [0.15, 0.2) is 0 Å². The predicted molar refractivity (Wildman–Crippen MR) is 158 cm³/mol. The normalized spacial score (nSPS) is 11.5. The zero-order chi connectivity index (χ0) is 28.2. The third-order valence-electron chi connectivity index (χ3n) is 6.25. The van der Waals surface area contributed by atoms with Crippen LogP contribution >= 0.6 is 0 Å². The summed E-state index contributed by atoms with van der Waals surface area (Å²) in [6, 6.07) is 36.4. The fraction of sp³-hybridized carbons (Fsp3) is 0.0323. The van der Waals surface area contributed by atoms with Crippen molar-refractivity contribution in [2.75, 3.05) is 16.6 Å². The molecule has 7 nitrogen and oxygen atoms in total. The topological polar surface area (TPSA) is 102 Å². The van der Waals surface area contributed by atoms with Gasteiger partial charge < -0.3 is 4.74 Å². The first-order valence-electron chi connectivity index (χ1n) is 12.3. The van der Waals surface area contributed by atoms with Gasteiger partial charge in [-0.15, -0.1) is 0 Å². The quantitative estimate of drug-likeness (QED) is 0.207. The van der Waals surface area contributed by atoms with Gasteiger partial charge in [0.2, 0.25) is 0 Å². The molecule has 0 aliphatic carbocycles. The number of anilines is 2. The molecule has 0 spiro atoms. The molecule has 202 valence electrons. The average Bonchev–Trinajstić information content (AvgIpc) is 2.98. The SMILES string of the molecule is COc1ccc(S(=O)(=O)Nc2ccccc2-c2ccccc2)cc1S(=O)(=O)Nc1ccccc1-c1ccccc1. The van der Waals surface area contributed by atoms with Crippen molar-refractivity contribution < 1.29 is 21.6 Å². The van der Waals surface area contributed by atoms with Crippen molar-refractivity contribution in [3.63, 3.8) is 0 Å². The maximum Gasteiger partial charge on any atom is 0.265 e. The lowest BCUT2D eigenvalue weighted by molar-refractivity contribution is 0.402. The molecule has 0 aliphatic rings. The van der Waals surface area contributed by atoms with Gasteiger partial charge in [0.05, 0.1) is 23.4 Å². The second kappa shape index (κ2) is 11.3. The maximum absolute atomic E-state index is 13.6. The van der Waals surface area contributed by atoms with Crippen LogP contribution in [-0.2, 0) is 20.0 Å². The molecule has 0 radical (unpaired) electrons. The van der Waals surface area contributed by atoms with Crippen molar-refractivity contribution >= 4 is 31.4 Å². The molecule has 40 heavy (non-hydrogen) atoms. The molecule has 0 bridgehead atoms. The molecule has 0 aromatic heterocycles. The molecule has 0 fully saturated rings. The van der Waals surface area contributed by atoms with Crippen LogP contribution in [0.4, 0.5) is 11.4 Å². The predicted octanol–water partition coefficient (Wildman–Crippen LogP) is 6.63.